The number of nitrogens with zero attached hydrogens (tertiary/aromatic N) is 2. The van der Waals surface area contributed by atoms with Crippen LogP contribution in [0.4, 0.5) is 4.39 Å². The van der Waals surface area contributed by atoms with Crippen LogP contribution in [-0.2, 0) is 16.1 Å². The molecule has 0 aliphatic carbocycles. The van der Waals surface area contributed by atoms with E-state index in [-0.39, 0.29) is 18.3 Å². The molecular weight excluding hydrogens is 259 g/mol. The molecule has 1 fully saturated rings. The molecule has 110 valence electrons. The fourth-order valence-corrected chi connectivity index (χ4v) is 2.44. The highest BCUT2D eigenvalue weighted by atomic mass is 19.1. The van der Waals surface area contributed by atoms with E-state index in [0.29, 0.717) is 0 Å². The zero-order valence-electron chi connectivity index (χ0n) is 11.8. The van der Waals surface area contributed by atoms with Crippen molar-refractivity contribution in [2.24, 2.45) is 0 Å². The van der Waals surface area contributed by atoms with Gasteiger partial charge in [-0.15, -0.1) is 0 Å². The van der Waals surface area contributed by atoms with Crippen molar-refractivity contribution in [2.75, 3.05) is 39.9 Å². The van der Waals surface area contributed by atoms with Crippen LogP contribution in [-0.4, -0.2) is 55.6 Å². The number of rotatable bonds is 4. The second-order valence-electron chi connectivity index (χ2n) is 5.07. The number of carbonyl (C=O) groups excluding carboxylic acids is 1. The van der Waals surface area contributed by atoms with Crippen LogP contribution in [0.1, 0.15) is 12.0 Å². The summed E-state index contributed by atoms with van der Waals surface area (Å²) in [6.45, 7) is 4.25. The number of methoxy groups -OCH3 is 1. The fourth-order valence-electron chi connectivity index (χ4n) is 2.44. The first-order valence-corrected chi connectivity index (χ1v) is 6.92. The first kappa shape index (κ1) is 14.9. The summed E-state index contributed by atoms with van der Waals surface area (Å²) in [4.78, 5) is 15.9. The van der Waals surface area contributed by atoms with Gasteiger partial charge in [-0.1, -0.05) is 12.1 Å². The third kappa shape index (κ3) is 4.28. The number of ether oxygens (including phenoxy) is 1. The molecule has 1 heterocycles. The van der Waals surface area contributed by atoms with Crippen molar-refractivity contribution in [3.05, 3.63) is 35.6 Å². The maximum Gasteiger partial charge on any atom is 0.248 e. The standard InChI is InChI=1S/C15H21FN2O2/c1-20-12-15(19)18-8-2-7-17(9-10-18)11-13-3-5-14(16)6-4-13/h3-6H,2,7-12H2,1H3. The van der Waals surface area contributed by atoms with Gasteiger partial charge in [0.1, 0.15) is 12.4 Å². The number of amides is 1. The molecule has 0 unspecified atom stereocenters. The summed E-state index contributed by atoms with van der Waals surface area (Å²) in [5.74, 6) is -0.155. The second kappa shape index (κ2) is 7.36. The molecule has 4 nitrogen and oxygen atoms in total. The molecule has 1 aromatic rings. The van der Waals surface area contributed by atoms with E-state index < -0.39 is 0 Å². The van der Waals surface area contributed by atoms with Gasteiger partial charge >= 0.3 is 0 Å². The molecule has 0 atom stereocenters. The Morgan fingerprint density at radius 3 is 2.65 bits per heavy atom. The Bertz CT molecular complexity index is 436. The van der Waals surface area contributed by atoms with Gasteiger partial charge < -0.3 is 9.64 Å². The Hall–Kier alpha value is -1.46. The molecule has 20 heavy (non-hydrogen) atoms. The minimum atomic E-state index is -0.207. The van der Waals surface area contributed by atoms with Crippen LogP contribution in [0.15, 0.2) is 24.3 Å². The zero-order valence-corrected chi connectivity index (χ0v) is 11.8. The number of hydrogen-bond donors (Lipinski definition) is 0. The summed E-state index contributed by atoms with van der Waals surface area (Å²) in [7, 11) is 1.54. The molecule has 1 aromatic carbocycles. The largest absolute Gasteiger partial charge is 0.375 e. The lowest BCUT2D eigenvalue weighted by Crippen LogP contribution is -2.37. The van der Waals surface area contributed by atoms with E-state index in [4.69, 9.17) is 4.74 Å². The van der Waals surface area contributed by atoms with E-state index in [1.165, 1.54) is 19.2 Å². The molecule has 0 radical (unpaired) electrons. The summed E-state index contributed by atoms with van der Waals surface area (Å²) >= 11 is 0. The van der Waals surface area contributed by atoms with Crippen LogP contribution in [0.3, 0.4) is 0 Å². The predicted molar refractivity (Wildman–Crippen MR) is 74.8 cm³/mol. The molecule has 5 heteroatoms. The highest BCUT2D eigenvalue weighted by Crippen LogP contribution is 2.10. The summed E-state index contributed by atoms with van der Waals surface area (Å²) in [5.41, 5.74) is 1.10. The molecule has 0 N–H and O–H groups in total. The molecule has 1 aliphatic rings. The van der Waals surface area contributed by atoms with Crippen molar-refractivity contribution < 1.29 is 13.9 Å². The molecular formula is C15H21FN2O2. The average Bonchev–Trinajstić information content (AvgIpc) is 2.67. The van der Waals surface area contributed by atoms with Gasteiger partial charge in [0, 0.05) is 39.8 Å². The van der Waals surface area contributed by atoms with Crippen LogP contribution in [0.5, 0.6) is 0 Å². The van der Waals surface area contributed by atoms with Crippen molar-refractivity contribution in [3.63, 3.8) is 0 Å². The highest BCUT2D eigenvalue weighted by molar-refractivity contribution is 5.77. The van der Waals surface area contributed by atoms with Gasteiger partial charge in [-0.25, -0.2) is 4.39 Å². The van der Waals surface area contributed by atoms with Gasteiger partial charge in [0.25, 0.3) is 0 Å². The Morgan fingerprint density at radius 2 is 1.95 bits per heavy atom. The van der Waals surface area contributed by atoms with Gasteiger partial charge in [-0.3, -0.25) is 9.69 Å². The summed E-state index contributed by atoms with van der Waals surface area (Å²) in [5, 5.41) is 0. The fraction of sp³-hybridized carbons (Fsp3) is 0.533. The third-order valence-corrected chi connectivity index (χ3v) is 3.53. The molecule has 1 amide bonds. The topological polar surface area (TPSA) is 32.8 Å². The SMILES string of the molecule is COCC(=O)N1CCCN(Cc2ccc(F)cc2)CC1. The Morgan fingerprint density at radius 1 is 1.20 bits per heavy atom. The smallest absolute Gasteiger partial charge is 0.248 e. The third-order valence-electron chi connectivity index (χ3n) is 3.53. The van der Waals surface area contributed by atoms with Gasteiger partial charge in [-0.2, -0.15) is 0 Å². The Kier molecular flexibility index (Phi) is 5.49. The lowest BCUT2D eigenvalue weighted by Gasteiger charge is -2.21. The van der Waals surface area contributed by atoms with Crippen molar-refractivity contribution >= 4 is 5.91 Å². The first-order valence-electron chi connectivity index (χ1n) is 6.92. The second-order valence-corrected chi connectivity index (χ2v) is 5.07. The molecule has 2 rings (SSSR count). The normalized spacial score (nSPS) is 17.0. The van der Waals surface area contributed by atoms with E-state index in [2.05, 4.69) is 4.90 Å². The average molecular weight is 280 g/mol. The van der Waals surface area contributed by atoms with Gasteiger partial charge in [0.2, 0.25) is 5.91 Å². The number of hydrogen-bond acceptors (Lipinski definition) is 3. The minimum absolute atomic E-state index is 0.0520. The first-order chi connectivity index (χ1) is 9.69. The monoisotopic (exact) mass is 280 g/mol. The molecule has 0 bridgehead atoms. The minimum Gasteiger partial charge on any atom is -0.375 e. The van der Waals surface area contributed by atoms with E-state index in [1.807, 2.05) is 17.0 Å². The number of halogens is 1. The zero-order chi connectivity index (χ0) is 14.4. The van der Waals surface area contributed by atoms with E-state index in [1.54, 1.807) is 0 Å². The molecule has 0 spiro atoms. The van der Waals surface area contributed by atoms with E-state index >= 15 is 0 Å². The Balaban J connectivity index is 1.86. The predicted octanol–water partition coefficient (Wildman–Crippen LogP) is 1.51. The van der Waals surface area contributed by atoms with Crippen molar-refractivity contribution in [3.8, 4) is 0 Å². The van der Waals surface area contributed by atoms with Crippen molar-refractivity contribution in [1.29, 1.82) is 0 Å². The number of benzene rings is 1. The van der Waals surface area contributed by atoms with Crippen LogP contribution in [0, 0.1) is 5.82 Å². The van der Waals surface area contributed by atoms with Crippen molar-refractivity contribution in [2.45, 2.75) is 13.0 Å². The van der Waals surface area contributed by atoms with E-state index in [9.17, 15) is 9.18 Å². The van der Waals surface area contributed by atoms with Gasteiger partial charge in [-0.05, 0) is 24.1 Å². The van der Waals surface area contributed by atoms with Crippen LogP contribution >= 0.6 is 0 Å². The lowest BCUT2D eigenvalue weighted by atomic mass is 10.2. The summed E-state index contributed by atoms with van der Waals surface area (Å²) in [6, 6.07) is 6.60. The van der Waals surface area contributed by atoms with Crippen LogP contribution < -0.4 is 0 Å². The molecule has 0 aromatic heterocycles. The molecule has 0 saturated carbocycles. The quantitative estimate of drug-likeness (QED) is 0.838. The Labute approximate surface area is 119 Å². The summed E-state index contributed by atoms with van der Waals surface area (Å²) in [6.07, 6.45) is 0.955. The van der Waals surface area contributed by atoms with Crippen molar-refractivity contribution in [1.82, 2.24) is 9.80 Å². The van der Waals surface area contributed by atoms with Crippen LogP contribution in [0.2, 0.25) is 0 Å². The van der Waals surface area contributed by atoms with E-state index in [0.717, 1.165) is 44.7 Å². The van der Waals surface area contributed by atoms with Gasteiger partial charge in [0.05, 0.1) is 0 Å². The maximum atomic E-state index is 12.9. The summed E-state index contributed by atoms with van der Waals surface area (Å²) < 4.78 is 17.8. The van der Waals surface area contributed by atoms with Gasteiger partial charge in [0.15, 0.2) is 0 Å². The van der Waals surface area contributed by atoms with Crippen LogP contribution in [0.25, 0.3) is 0 Å². The number of carbonyl (C=O) groups is 1. The lowest BCUT2D eigenvalue weighted by molar-refractivity contribution is -0.135. The highest BCUT2D eigenvalue weighted by Gasteiger charge is 2.18. The molecule has 1 saturated heterocycles. The maximum absolute atomic E-state index is 12.9. The molecule has 1 aliphatic heterocycles.